The fourth-order valence-corrected chi connectivity index (χ4v) is 3.32. The summed E-state index contributed by atoms with van der Waals surface area (Å²) in [6.45, 7) is 0.582. The van der Waals surface area contributed by atoms with Crippen molar-refractivity contribution < 1.29 is 29.6 Å². The number of carbonyl (C=O) groups is 2. The highest BCUT2D eigenvalue weighted by Gasteiger charge is 2.20. The van der Waals surface area contributed by atoms with Gasteiger partial charge in [-0.25, -0.2) is 5.32 Å². The first kappa shape index (κ1) is 22.1. The van der Waals surface area contributed by atoms with E-state index in [-0.39, 0.29) is 38.0 Å². The highest BCUT2D eigenvalue weighted by atomic mass is 79.9. The number of benzene rings is 1. The molecule has 1 aromatic carbocycles. The van der Waals surface area contributed by atoms with Gasteiger partial charge >= 0.3 is 6.09 Å². The van der Waals surface area contributed by atoms with Gasteiger partial charge in [0.2, 0.25) is 5.91 Å². The highest BCUT2D eigenvalue weighted by Crippen LogP contribution is 2.14. The van der Waals surface area contributed by atoms with Crippen LogP contribution in [-0.4, -0.2) is 52.0 Å². The molecule has 0 saturated heterocycles. The number of fused-ring (bicyclic) bond motifs is 1. The van der Waals surface area contributed by atoms with Crippen molar-refractivity contribution in [2.45, 2.75) is 38.1 Å². The number of aromatic nitrogens is 1. The van der Waals surface area contributed by atoms with Crippen molar-refractivity contribution in [2.75, 3.05) is 13.1 Å². The molecule has 9 nitrogen and oxygen atoms in total. The smallest absolute Gasteiger partial charge is 0.415 e. The summed E-state index contributed by atoms with van der Waals surface area (Å²) in [6.07, 6.45) is 1.20. The van der Waals surface area contributed by atoms with Crippen LogP contribution in [0.25, 0.3) is 10.9 Å². The number of rotatable bonds is 9. The third-order valence-electron chi connectivity index (χ3n) is 4.51. The number of nitrogens with one attached hydrogen (secondary N) is 1. The van der Waals surface area contributed by atoms with E-state index in [9.17, 15) is 14.7 Å². The minimum absolute atomic E-state index is 0.106. The number of ether oxygens (including phenoxy) is 1. The van der Waals surface area contributed by atoms with Crippen LogP contribution in [0.15, 0.2) is 41.7 Å². The standard InChI is InChI=1S/C20H23BrN4O5/c21-18-8-16(30-25-18)11-23-19(27)6-5-15(26)10-24-20(28)29-12-13-7-14-3-1-2-4-17(14)22-9-13/h1-4,7,9,15-16,26H,5-6,8,10-12H2,(H,23,27)(H,24,28)/p+1. The molecule has 0 bridgehead atoms. The molecule has 0 radical (unpaired) electrons. The number of nitrogens with two attached hydrogens (primary N) is 1. The zero-order valence-electron chi connectivity index (χ0n) is 16.3. The van der Waals surface area contributed by atoms with Gasteiger partial charge in [-0.3, -0.25) is 9.78 Å². The van der Waals surface area contributed by atoms with E-state index in [4.69, 9.17) is 9.57 Å². The van der Waals surface area contributed by atoms with Crippen LogP contribution >= 0.6 is 15.9 Å². The molecule has 2 heterocycles. The summed E-state index contributed by atoms with van der Waals surface area (Å²) in [5.74, 6) is -0.188. The lowest BCUT2D eigenvalue weighted by Crippen LogP contribution is -2.90. The molecule has 2 unspecified atom stereocenters. The molecule has 160 valence electrons. The number of aliphatic hydroxyl groups is 1. The summed E-state index contributed by atoms with van der Waals surface area (Å²) in [4.78, 5) is 33.1. The number of pyridine rings is 1. The van der Waals surface area contributed by atoms with Crippen LogP contribution in [-0.2, 0) is 21.0 Å². The Bertz CT molecular complexity index is 923. The van der Waals surface area contributed by atoms with Crippen molar-refractivity contribution in [3.05, 3.63) is 42.1 Å². The van der Waals surface area contributed by atoms with Gasteiger partial charge in [0.1, 0.15) is 23.9 Å². The number of amides is 2. The lowest BCUT2D eigenvalue weighted by Gasteiger charge is -2.11. The second kappa shape index (κ2) is 11.0. The van der Waals surface area contributed by atoms with E-state index in [0.717, 1.165) is 21.1 Å². The number of primary amides is 1. The molecule has 0 aliphatic carbocycles. The Labute approximate surface area is 182 Å². The summed E-state index contributed by atoms with van der Waals surface area (Å²) in [5, 5.41) is 18.7. The molecule has 30 heavy (non-hydrogen) atoms. The fourth-order valence-electron chi connectivity index (χ4n) is 2.88. The number of hydrogen-bond acceptors (Lipinski definition) is 7. The number of nitrogens with zero attached hydrogens (tertiary/aromatic N) is 2. The Morgan fingerprint density at radius 2 is 2.23 bits per heavy atom. The second-order valence-corrected chi connectivity index (χ2v) is 7.89. The Balaban J connectivity index is 1.28. The molecule has 10 heteroatoms. The molecule has 4 N–H and O–H groups in total. The van der Waals surface area contributed by atoms with Crippen molar-refractivity contribution in [3.8, 4) is 0 Å². The van der Waals surface area contributed by atoms with E-state index < -0.39 is 12.2 Å². The van der Waals surface area contributed by atoms with Gasteiger partial charge in [0.05, 0.1) is 12.1 Å². The van der Waals surface area contributed by atoms with Crippen LogP contribution in [0.2, 0.25) is 0 Å². The van der Waals surface area contributed by atoms with Crippen molar-refractivity contribution >= 4 is 43.5 Å². The number of halogens is 1. The predicted molar refractivity (Wildman–Crippen MR) is 113 cm³/mol. The quantitative estimate of drug-likeness (QED) is 0.495. The third kappa shape index (κ3) is 7.05. The summed E-state index contributed by atoms with van der Waals surface area (Å²) < 4.78 is 5.92. The topological polar surface area (TPSA) is 127 Å². The van der Waals surface area contributed by atoms with Crippen molar-refractivity contribution in [1.82, 2.24) is 10.3 Å². The Kier molecular flexibility index (Phi) is 8.12. The maximum atomic E-state index is 11.9. The monoisotopic (exact) mass is 479 g/mol. The van der Waals surface area contributed by atoms with E-state index in [2.05, 4.69) is 31.4 Å². The molecule has 0 spiro atoms. The van der Waals surface area contributed by atoms with E-state index in [0.29, 0.717) is 13.0 Å². The molecule has 2 aromatic rings. The summed E-state index contributed by atoms with van der Waals surface area (Å²) >= 11 is 3.23. The van der Waals surface area contributed by atoms with Gasteiger partial charge in [-0.2, -0.15) is 4.79 Å². The lowest BCUT2D eigenvalue weighted by molar-refractivity contribution is -0.578. The van der Waals surface area contributed by atoms with Crippen LogP contribution < -0.4 is 10.6 Å². The van der Waals surface area contributed by atoms with Gasteiger partial charge in [-0.15, -0.1) is 0 Å². The maximum absolute atomic E-state index is 11.9. The van der Waals surface area contributed by atoms with Crippen LogP contribution in [0.3, 0.4) is 0 Å². The second-order valence-electron chi connectivity index (χ2n) is 6.98. The number of hydrogen-bond donors (Lipinski definition) is 3. The zero-order chi connectivity index (χ0) is 21.3. The Hall–Kier alpha value is -2.56. The third-order valence-corrected chi connectivity index (χ3v) is 4.98. The van der Waals surface area contributed by atoms with Gasteiger partial charge in [0.15, 0.2) is 6.10 Å². The predicted octanol–water partition coefficient (Wildman–Crippen LogP) is 1.19. The van der Waals surface area contributed by atoms with E-state index in [1.165, 1.54) is 5.32 Å². The number of para-hydroxylation sites is 1. The molecule has 2 amide bonds. The molecule has 0 saturated carbocycles. The summed E-state index contributed by atoms with van der Waals surface area (Å²) in [5.41, 5.74) is 1.67. The molecule has 2 atom stereocenters. The van der Waals surface area contributed by atoms with Crippen molar-refractivity contribution in [1.29, 1.82) is 0 Å². The van der Waals surface area contributed by atoms with E-state index in [1.807, 2.05) is 30.3 Å². The molecule has 1 aliphatic rings. The molecular formula is C20H24BrN4O5+. The number of carbonyl (C=O) groups excluding carboxylic acids is 2. The normalized spacial score (nSPS) is 16.6. The molecule has 0 fully saturated rings. The van der Waals surface area contributed by atoms with Crippen LogP contribution in [0.5, 0.6) is 0 Å². The number of oxime groups is 1. The van der Waals surface area contributed by atoms with Gasteiger partial charge in [-0.1, -0.05) is 23.4 Å². The van der Waals surface area contributed by atoms with E-state index >= 15 is 0 Å². The van der Waals surface area contributed by atoms with Crippen LogP contribution in [0.4, 0.5) is 4.79 Å². The van der Waals surface area contributed by atoms with Gasteiger partial charge in [-0.05, 0) is 34.5 Å². The maximum Gasteiger partial charge on any atom is 0.513 e. The minimum atomic E-state index is -0.800. The van der Waals surface area contributed by atoms with Gasteiger partial charge in [0, 0.05) is 30.0 Å². The SMILES string of the molecule is O=C(CCC(O)C[NH2+]C(=O)OCc1cnc2ccccc2c1)NCC1CC(Br)=NO1. The lowest BCUT2D eigenvalue weighted by atomic mass is 10.2. The molecule has 1 aliphatic heterocycles. The molecule has 1 aromatic heterocycles. The van der Waals surface area contributed by atoms with Gasteiger partial charge in [0.25, 0.3) is 0 Å². The number of aliphatic hydroxyl groups excluding tert-OH is 1. The number of quaternary nitrogens is 1. The zero-order valence-corrected chi connectivity index (χ0v) is 17.9. The Morgan fingerprint density at radius 1 is 1.40 bits per heavy atom. The van der Waals surface area contributed by atoms with Crippen molar-refractivity contribution in [2.24, 2.45) is 5.16 Å². The average molecular weight is 480 g/mol. The molecular weight excluding hydrogens is 456 g/mol. The summed E-state index contributed by atoms with van der Waals surface area (Å²) in [6, 6.07) is 9.61. The first-order valence-corrected chi connectivity index (χ1v) is 10.5. The first-order chi connectivity index (χ1) is 14.5. The summed E-state index contributed by atoms with van der Waals surface area (Å²) in [7, 11) is 0. The Morgan fingerprint density at radius 3 is 3.03 bits per heavy atom. The minimum Gasteiger partial charge on any atom is -0.415 e. The highest BCUT2D eigenvalue weighted by molar-refractivity contribution is 9.18. The van der Waals surface area contributed by atoms with Crippen LogP contribution in [0, 0.1) is 0 Å². The molecule has 3 rings (SSSR count). The van der Waals surface area contributed by atoms with Crippen LogP contribution in [0.1, 0.15) is 24.8 Å². The van der Waals surface area contributed by atoms with Gasteiger partial charge < -0.3 is 20.0 Å². The first-order valence-electron chi connectivity index (χ1n) is 9.66. The van der Waals surface area contributed by atoms with Crippen molar-refractivity contribution in [3.63, 3.8) is 0 Å². The fraction of sp³-hybridized carbons (Fsp3) is 0.400. The largest absolute Gasteiger partial charge is 0.513 e. The average Bonchev–Trinajstić information content (AvgIpc) is 3.18. The van der Waals surface area contributed by atoms with E-state index in [1.54, 1.807) is 6.20 Å².